The molecule has 1 aromatic carbocycles. The van der Waals surface area contributed by atoms with Gasteiger partial charge in [-0.1, -0.05) is 0 Å². The van der Waals surface area contributed by atoms with E-state index in [9.17, 15) is 9.59 Å². The molecule has 3 N–H and O–H groups in total. The lowest BCUT2D eigenvalue weighted by atomic mass is 10.1. The molecule has 0 aliphatic carbocycles. The highest BCUT2D eigenvalue weighted by atomic mass is 32.1. The predicted molar refractivity (Wildman–Crippen MR) is 120 cm³/mol. The molecule has 2 aliphatic rings. The van der Waals surface area contributed by atoms with Crippen molar-refractivity contribution in [2.45, 2.75) is 26.3 Å². The lowest BCUT2D eigenvalue weighted by Crippen LogP contribution is -2.60. The van der Waals surface area contributed by atoms with Crippen LogP contribution in [0.3, 0.4) is 0 Å². The van der Waals surface area contributed by atoms with Gasteiger partial charge in [0.15, 0.2) is 5.13 Å². The van der Waals surface area contributed by atoms with Gasteiger partial charge in [0.25, 0.3) is 0 Å². The first-order chi connectivity index (χ1) is 14.5. The maximum absolute atomic E-state index is 11.5. The fourth-order valence-corrected chi connectivity index (χ4v) is 4.70. The molecule has 1 aromatic heterocycles. The smallest absolute Gasteiger partial charge is 0.223 e. The number of hydrogen-bond acceptors (Lipinski definition) is 8. The number of nitrogens with one attached hydrogen (secondary N) is 3. The minimum absolute atomic E-state index is 0.0963. The summed E-state index contributed by atoms with van der Waals surface area (Å²) in [6.07, 6.45) is 4.57. The van der Waals surface area contributed by atoms with Gasteiger partial charge in [-0.2, -0.15) is 0 Å². The van der Waals surface area contributed by atoms with Crippen molar-refractivity contribution in [2.75, 3.05) is 41.8 Å². The molecule has 1 saturated heterocycles. The summed E-state index contributed by atoms with van der Waals surface area (Å²) in [5, 5.41) is 14.3. The van der Waals surface area contributed by atoms with Crippen LogP contribution >= 0.6 is 11.3 Å². The lowest BCUT2D eigenvalue weighted by Gasteiger charge is -2.45. The van der Waals surface area contributed by atoms with Crippen LogP contribution in [0.2, 0.25) is 0 Å². The SMILES string of the molecule is CC(=O)Nc1ccc2c(c1)N(N1CCNCC1Cc1cnc(NC(C)=O)s1)CC=N2. The second-order valence-corrected chi connectivity index (χ2v) is 8.43. The molecule has 2 aromatic rings. The largest absolute Gasteiger partial charge is 0.326 e. The molecule has 9 nitrogen and oxygen atoms in total. The zero-order valence-electron chi connectivity index (χ0n) is 17.0. The second-order valence-electron chi connectivity index (χ2n) is 7.32. The van der Waals surface area contributed by atoms with Crippen LogP contribution in [0.4, 0.5) is 22.2 Å². The van der Waals surface area contributed by atoms with E-state index in [1.807, 2.05) is 30.6 Å². The van der Waals surface area contributed by atoms with Gasteiger partial charge in [0.2, 0.25) is 11.8 Å². The number of nitrogens with zero attached hydrogens (tertiary/aromatic N) is 4. The number of hydrogen-bond donors (Lipinski definition) is 3. The Morgan fingerprint density at radius 2 is 2.10 bits per heavy atom. The molecule has 0 radical (unpaired) electrons. The molecule has 2 amide bonds. The molecule has 2 aliphatic heterocycles. The summed E-state index contributed by atoms with van der Waals surface area (Å²) in [6.45, 7) is 6.27. The van der Waals surface area contributed by atoms with E-state index in [1.54, 1.807) is 0 Å². The fraction of sp³-hybridized carbons (Fsp3) is 0.400. The third kappa shape index (κ3) is 4.66. The average molecular weight is 428 g/mol. The van der Waals surface area contributed by atoms with Crippen molar-refractivity contribution < 1.29 is 9.59 Å². The van der Waals surface area contributed by atoms with Gasteiger partial charge in [-0.15, -0.1) is 11.3 Å². The zero-order valence-corrected chi connectivity index (χ0v) is 17.8. The normalized spacial score (nSPS) is 18.7. The van der Waals surface area contributed by atoms with Crippen molar-refractivity contribution >= 4 is 51.6 Å². The Labute approximate surface area is 179 Å². The molecule has 30 heavy (non-hydrogen) atoms. The highest BCUT2D eigenvalue weighted by Gasteiger charge is 2.30. The average Bonchev–Trinajstić information content (AvgIpc) is 3.13. The monoisotopic (exact) mass is 427 g/mol. The van der Waals surface area contributed by atoms with Gasteiger partial charge in [0.05, 0.1) is 17.9 Å². The van der Waals surface area contributed by atoms with Gasteiger partial charge in [-0.25, -0.2) is 9.99 Å². The highest BCUT2D eigenvalue weighted by Crippen LogP contribution is 2.35. The molecule has 0 saturated carbocycles. The Bertz CT molecular complexity index is 974. The molecule has 0 bridgehead atoms. The van der Waals surface area contributed by atoms with Gasteiger partial charge in [0, 0.05) is 68.9 Å². The number of hydrazine groups is 1. The van der Waals surface area contributed by atoms with Gasteiger partial charge in [-0.3, -0.25) is 19.6 Å². The van der Waals surface area contributed by atoms with Gasteiger partial charge in [-0.05, 0) is 18.2 Å². The minimum Gasteiger partial charge on any atom is -0.326 e. The van der Waals surface area contributed by atoms with E-state index >= 15 is 0 Å². The quantitative estimate of drug-likeness (QED) is 0.675. The van der Waals surface area contributed by atoms with E-state index in [2.05, 4.69) is 35.9 Å². The third-order valence-electron chi connectivity index (χ3n) is 4.96. The first-order valence-electron chi connectivity index (χ1n) is 9.91. The maximum Gasteiger partial charge on any atom is 0.223 e. The Morgan fingerprint density at radius 3 is 2.90 bits per heavy atom. The lowest BCUT2D eigenvalue weighted by molar-refractivity contribution is -0.115. The summed E-state index contributed by atoms with van der Waals surface area (Å²) < 4.78 is 0. The highest BCUT2D eigenvalue weighted by molar-refractivity contribution is 7.15. The molecule has 158 valence electrons. The number of piperazine rings is 1. The van der Waals surface area contributed by atoms with Crippen LogP contribution in [0.25, 0.3) is 0 Å². The summed E-state index contributed by atoms with van der Waals surface area (Å²) in [5.74, 6) is -0.211. The number of benzene rings is 1. The molecular formula is C20H25N7O2S. The summed E-state index contributed by atoms with van der Waals surface area (Å²) in [7, 11) is 0. The van der Waals surface area contributed by atoms with Crippen LogP contribution in [0, 0.1) is 0 Å². The number of amides is 2. The van der Waals surface area contributed by atoms with Crippen LogP contribution in [0.5, 0.6) is 0 Å². The van der Waals surface area contributed by atoms with Crippen LogP contribution in [0.15, 0.2) is 29.4 Å². The van der Waals surface area contributed by atoms with Crippen molar-refractivity contribution in [1.29, 1.82) is 0 Å². The maximum atomic E-state index is 11.5. The Kier molecular flexibility index (Phi) is 6.07. The molecular weight excluding hydrogens is 402 g/mol. The summed E-state index contributed by atoms with van der Waals surface area (Å²) in [4.78, 5) is 32.7. The van der Waals surface area contributed by atoms with E-state index in [4.69, 9.17) is 0 Å². The van der Waals surface area contributed by atoms with Crippen molar-refractivity contribution in [3.8, 4) is 0 Å². The van der Waals surface area contributed by atoms with Gasteiger partial charge in [0.1, 0.15) is 0 Å². The van der Waals surface area contributed by atoms with Gasteiger partial charge >= 0.3 is 0 Å². The van der Waals surface area contributed by atoms with Crippen LogP contribution < -0.4 is 21.0 Å². The standard InChI is InChI=1S/C20H25N7O2S/c1-13(28)24-15-3-4-18-19(9-15)27(8-6-22-18)26-7-5-21-11-16(26)10-17-12-23-20(30-17)25-14(2)29/h3-4,6,9,12,16,21H,5,7-8,10-11H2,1-2H3,(H,24,28)(H,23,25,29). The number of fused-ring (bicyclic) bond motifs is 1. The van der Waals surface area contributed by atoms with Crippen molar-refractivity contribution in [3.05, 3.63) is 29.3 Å². The molecule has 3 heterocycles. The molecule has 10 heteroatoms. The molecule has 1 atom stereocenters. The van der Waals surface area contributed by atoms with E-state index < -0.39 is 0 Å². The number of rotatable bonds is 5. The van der Waals surface area contributed by atoms with E-state index in [-0.39, 0.29) is 17.9 Å². The topological polar surface area (TPSA) is 102 Å². The van der Waals surface area contributed by atoms with Crippen LogP contribution in [0.1, 0.15) is 18.7 Å². The first-order valence-corrected chi connectivity index (χ1v) is 10.7. The van der Waals surface area contributed by atoms with E-state index in [1.165, 1.54) is 25.2 Å². The van der Waals surface area contributed by atoms with Gasteiger partial charge < -0.3 is 16.0 Å². The number of carbonyl (C=O) groups is 2. The Morgan fingerprint density at radius 1 is 1.27 bits per heavy atom. The second kappa shape index (κ2) is 8.90. The number of anilines is 3. The molecule has 0 spiro atoms. The van der Waals surface area contributed by atoms with E-state index in [0.717, 1.165) is 48.0 Å². The van der Waals surface area contributed by atoms with Crippen molar-refractivity contribution in [1.82, 2.24) is 15.3 Å². The number of aliphatic imine (C=N–C) groups is 1. The zero-order chi connectivity index (χ0) is 21.1. The number of thiazole rings is 1. The van der Waals surface area contributed by atoms with Crippen LogP contribution in [-0.4, -0.2) is 60.2 Å². The molecule has 1 unspecified atom stereocenters. The number of carbonyl (C=O) groups excluding carboxylic acids is 2. The third-order valence-corrected chi connectivity index (χ3v) is 5.90. The van der Waals surface area contributed by atoms with E-state index in [0.29, 0.717) is 11.7 Å². The molecule has 4 rings (SSSR count). The van der Waals surface area contributed by atoms with Crippen molar-refractivity contribution in [3.63, 3.8) is 0 Å². The predicted octanol–water partition coefficient (Wildman–Crippen LogP) is 2.01. The van der Waals surface area contributed by atoms with Crippen molar-refractivity contribution in [2.24, 2.45) is 4.99 Å². The number of aromatic nitrogens is 1. The minimum atomic E-state index is -0.115. The fourth-order valence-electron chi connectivity index (χ4n) is 3.77. The summed E-state index contributed by atoms with van der Waals surface area (Å²) >= 11 is 1.51. The summed E-state index contributed by atoms with van der Waals surface area (Å²) in [6, 6.07) is 6.02. The Balaban J connectivity index is 1.56. The molecule has 1 fully saturated rings. The first kappa shape index (κ1) is 20.5. The summed E-state index contributed by atoms with van der Waals surface area (Å²) in [5.41, 5.74) is 2.63. The Hall–Kier alpha value is -2.82. The van der Waals surface area contributed by atoms with Crippen LogP contribution in [-0.2, 0) is 16.0 Å².